The van der Waals surface area contributed by atoms with E-state index in [-0.39, 0.29) is 22.3 Å². The molecule has 0 spiro atoms. The molecule has 18 nitrogen and oxygen atoms in total. The number of aliphatic hydroxyl groups is 6. The molecule has 2 saturated heterocycles. The molecule has 45 heavy (non-hydrogen) atoms. The average Bonchev–Trinajstić information content (AvgIpc) is 2.97. The van der Waals surface area contributed by atoms with Crippen LogP contribution in [0.25, 0.3) is 22.3 Å². The minimum absolute atomic E-state index is 0.0174. The Kier molecular flexibility index (Phi) is 8.58. The summed E-state index contributed by atoms with van der Waals surface area (Å²) < 4.78 is 27.1. The lowest BCUT2D eigenvalue weighted by atomic mass is 9.99. The first-order valence-corrected chi connectivity index (χ1v) is 13.0. The summed E-state index contributed by atoms with van der Waals surface area (Å²) in [4.78, 5) is 35.9. The van der Waals surface area contributed by atoms with Crippen molar-refractivity contribution >= 4 is 22.9 Å². The topological polar surface area (TPSA) is 304 Å². The molecule has 5 rings (SSSR count). The van der Waals surface area contributed by atoms with Gasteiger partial charge in [0.05, 0.1) is 0 Å². The Morgan fingerprint density at radius 2 is 1.20 bits per heavy atom. The molecule has 0 radical (unpaired) electrons. The maximum Gasteiger partial charge on any atom is 0.335 e. The Bertz CT molecular complexity index is 1670. The Morgan fingerprint density at radius 1 is 0.667 bits per heavy atom. The molecule has 0 unspecified atom stereocenters. The first kappa shape index (κ1) is 31.9. The monoisotopic (exact) mass is 638 g/mol. The van der Waals surface area contributed by atoms with Gasteiger partial charge >= 0.3 is 11.9 Å². The maximum atomic E-state index is 12.8. The summed E-state index contributed by atoms with van der Waals surface area (Å²) >= 11 is 0. The summed E-state index contributed by atoms with van der Waals surface area (Å²) in [5.74, 6) is -5.52. The van der Waals surface area contributed by atoms with E-state index in [1.54, 1.807) is 0 Å². The van der Waals surface area contributed by atoms with Crippen LogP contribution in [-0.2, 0) is 19.1 Å². The van der Waals surface area contributed by atoms with E-state index in [9.17, 15) is 65.4 Å². The highest BCUT2D eigenvalue weighted by atomic mass is 16.7. The van der Waals surface area contributed by atoms with Crippen LogP contribution in [-0.4, -0.2) is 124 Å². The molecule has 3 heterocycles. The van der Waals surface area contributed by atoms with E-state index in [0.29, 0.717) is 0 Å². The lowest BCUT2D eigenvalue weighted by molar-refractivity contribution is -0.276. The molecule has 2 aromatic carbocycles. The van der Waals surface area contributed by atoms with Crippen molar-refractivity contribution in [3.8, 4) is 34.3 Å². The molecule has 10 atom stereocenters. The summed E-state index contributed by atoms with van der Waals surface area (Å²) in [7, 11) is 0. The summed E-state index contributed by atoms with van der Waals surface area (Å²) in [5.41, 5.74) is -0.940. The number of hydrogen-bond acceptors (Lipinski definition) is 16. The Hall–Kier alpha value is -4.53. The normalized spacial score (nSPS) is 31.8. The minimum atomic E-state index is -2.08. The number of fused-ring (bicyclic) bond motifs is 1. The highest BCUT2D eigenvalue weighted by Gasteiger charge is 2.50. The van der Waals surface area contributed by atoms with Gasteiger partial charge in [0.1, 0.15) is 64.9 Å². The molecule has 0 bridgehead atoms. The molecule has 18 heteroatoms. The second-order valence-electron chi connectivity index (χ2n) is 10.2. The van der Waals surface area contributed by atoms with Crippen molar-refractivity contribution in [2.24, 2.45) is 0 Å². The third-order valence-electron chi connectivity index (χ3n) is 7.14. The molecule has 242 valence electrons. The first-order valence-electron chi connectivity index (χ1n) is 13.0. The number of phenolic OH excluding ortho intramolecular Hbond substituents is 2. The van der Waals surface area contributed by atoms with Crippen molar-refractivity contribution in [1.29, 1.82) is 0 Å². The fourth-order valence-corrected chi connectivity index (χ4v) is 4.80. The Balaban J connectivity index is 1.57. The van der Waals surface area contributed by atoms with Gasteiger partial charge in [-0.05, 0) is 18.2 Å². The number of benzene rings is 2. The number of aromatic hydroxyl groups is 2. The van der Waals surface area contributed by atoms with Crippen LogP contribution >= 0.6 is 0 Å². The van der Waals surface area contributed by atoms with Crippen LogP contribution in [0.4, 0.5) is 0 Å². The second kappa shape index (κ2) is 12.1. The summed E-state index contributed by atoms with van der Waals surface area (Å²) in [6.45, 7) is 0. The maximum absolute atomic E-state index is 12.8. The van der Waals surface area contributed by atoms with Gasteiger partial charge in [0, 0.05) is 23.8 Å². The van der Waals surface area contributed by atoms with E-state index in [1.165, 1.54) is 6.07 Å². The summed E-state index contributed by atoms with van der Waals surface area (Å²) in [5, 5.41) is 99.7. The van der Waals surface area contributed by atoms with Crippen LogP contribution in [0.3, 0.4) is 0 Å². The number of carbonyl (C=O) groups is 2. The van der Waals surface area contributed by atoms with Crippen LogP contribution in [0, 0.1) is 0 Å². The van der Waals surface area contributed by atoms with Crippen molar-refractivity contribution in [3.63, 3.8) is 0 Å². The number of phenols is 2. The van der Waals surface area contributed by atoms with Gasteiger partial charge in [0.15, 0.2) is 29.1 Å². The second-order valence-corrected chi connectivity index (χ2v) is 10.2. The number of carboxylic acids is 2. The molecule has 2 fully saturated rings. The van der Waals surface area contributed by atoms with Crippen molar-refractivity contribution in [1.82, 2.24) is 0 Å². The highest BCUT2D eigenvalue weighted by molar-refractivity contribution is 5.86. The van der Waals surface area contributed by atoms with Crippen molar-refractivity contribution in [2.75, 3.05) is 0 Å². The number of hydrogen-bond donors (Lipinski definition) is 10. The number of aliphatic carboxylic acids is 2. The standard InChI is InChI=1S/C27H26O18/c28-8-4-9(29)15-10(30)6-12(41-14(15)5-8)7-1-2-11(42-26-20(35)16(31)18(33)22(44-26)24(37)38)13(3-7)43-27-21(36)17(32)19(34)23(45-27)25(39)40/h1-6,16-23,26-29,31-36H,(H,37,38)(H,39,40)/t16-,17-,18-,19-,20+,21+,22+,23-,26+,27-/m1/s1. The molecule has 10 N–H and O–H groups in total. The fourth-order valence-electron chi connectivity index (χ4n) is 4.80. The molecule has 2 aliphatic heterocycles. The molecule has 0 saturated carbocycles. The van der Waals surface area contributed by atoms with E-state index in [4.69, 9.17) is 23.4 Å². The molecule has 0 aliphatic carbocycles. The van der Waals surface area contributed by atoms with Gasteiger partial charge in [0.25, 0.3) is 0 Å². The van der Waals surface area contributed by atoms with Crippen LogP contribution < -0.4 is 14.9 Å². The highest BCUT2D eigenvalue weighted by Crippen LogP contribution is 2.38. The molecular formula is C27H26O18. The minimum Gasteiger partial charge on any atom is -0.508 e. The van der Waals surface area contributed by atoms with E-state index < -0.39 is 102 Å². The quantitative estimate of drug-likeness (QED) is 0.127. The van der Waals surface area contributed by atoms with Gasteiger partial charge in [-0.1, -0.05) is 0 Å². The number of aliphatic hydroxyl groups excluding tert-OH is 6. The first-order chi connectivity index (χ1) is 21.2. The van der Waals surface area contributed by atoms with Gasteiger partial charge in [-0.25, -0.2) is 9.59 Å². The predicted molar refractivity (Wildman–Crippen MR) is 141 cm³/mol. The van der Waals surface area contributed by atoms with Crippen LogP contribution in [0.1, 0.15) is 0 Å². The SMILES string of the molecule is O=C(O)[C@H]1O[C@H](Oc2ccc(-c3cc(=O)c4c(O)cc(O)cc4o3)cc2O[C@@H]2O[C@@H](C(=O)O)[C@H](O)[C@@H](O)[C@@H]2O)[C@@H](O)[C@H](O)[C@H]1O. The molecule has 2 aliphatic rings. The lowest BCUT2D eigenvalue weighted by Gasteiger charge is -2.39. The van der Waals surface area contributed by atoms with Crippen LogP contribution in [0.15, 0.2) is 45.6 Å². The molecule has 0 amide bonds. The number of rotatable bonds is 7. The zero-order valence-corrected chi connectivity index (χ0v) is 22.5. The average molecular weight is 638 g/mol. The molecule has 1 aromatic heterocycles. The molecular weight excluding hydrogens is 612 g/mol. The third kappa shape index (κ3) is 5.95. The van der Waals surface area contributed by atoms with E-state index >= 15 is 0 Å². The van der Waals surface area contributed by atoms with E-state index in [1.807, 2.05) is 0 Å². The van der Waals surface area contributed by atoms with Gasteiger partial charge in [0.2, 0.25) is 12.6 Å². The zero-order valence-electron chi connectivity index (χ0n) is 22.5. The molecule has 3 aromatic rings. The predicted octanol–water partition coefficient (Wildman–Crippen LogP) is -2.59. The van der Waals surface area contributed by atoms with Crippen molar-refractivity contribution in [2.45, 2.75) is 61.4 Å². The largest absolute Gasteiger partial charge is 0.508 e. The van der Waals surface area contributed by atoms with E-state index in [0.717, 1.165) is 30.3 Å². The Morgan fingerprint density at radius 3 is 1.73 bits per heavy atom. The van der Waals surface area contributed by atoms with Crippen LogP contribution in [0.5, 0.6) is 23.0 Å². The Labute approximate surface area is 249 Å². The zero-order chi connectivity index (χ0) is 32.9. The summed E-state index contributed by atoms with van der Waals surface area (Å²) in [6, 6.07) is 6.39. The third-order valence-corrected chi connectivity index (χ3v) is 7.14. The van der Waals surface area contributed by atoms with E-state index in [2.05, 4.69) is 0 Å². The van der Waals surface area contributed by atoms with Crippen molar-refractivity contribution < 1.29 is 84.0 Å². The van der Waals surface area contributed by atoms with Gasteiger partial charge in [-0.3, -0.25) is 4.79 Å². The van der Waals surface area contributed by atoms with Gasteiger partial charge in [-0.2, -0.15) is 0 Å². The number of ether oxygens (including phenoxy) is 4. The lowest BCUT2D eigenvalue weighted by Crippen LogP contribution is -2.61. The van der Waals surface area contributed by atoms with Gasteiger partial charge in [-0.15, -0.1) is 0 Å². The number of carboxylic acid groups (broad SMARTS) is 2. The fraction of sp³-hybridized carbons (Fsp3) is 0.370. The summed E-state index contributed by atoms with van der Waals surface area (Å²) in [6.07, 6.45) is -20.4. The van der Waals surface area contributed by atoms with Gasteiger partial charge < -0.3 is 74.4 Å². The van der Waals surface area contributed by atoms with Crippen LogP contribution in [0.2, 0.25) is 0 Å². The smallest absolute Gasteiger partial charge is 0.335 e. The van der Waals surface area contributed by atoms with Crippen molar-refractivity contribution in [3.05, 3.63) is 46.6 Å².